The minimum Gasteiger partial charge on any atom is -0.493 e. The number of piperidine rings is 1. The fraction of sp³-hybridized carbons (Fsp3) is 0.583. The number of aromatic nitrogens is 1. The number of rotatable bonds is 2. The molecule has 0 atom stereocenters. The van der Waals surface area contributed by atoms with Crippen LogP contribution in [0.3, 0.4) is 0 Å². The highest BCUT2D eigenvalue weighted by atomic mass is 19.4. The molecule has 4 nitrogen and oxygen atoms in total. The molecule has 1 fully saturated rings. The predicted octanol–water partition coefficient (Wildman–Crippen LogP) is 2.45. The van der Waals surface area contributed by atoms with E-state index in [1.807, 2.05) is 0 Å². The molecule has 1 aliphatic heterocycles. The molecule has 0 radical (unpaired) electrons. The lowest BCUT2D eigenvalue weighted by Gasteiger charge is -2.34. The van der Waals surface area contributed by atoms with Gasteiger partial charge in [0.25, 0.3) is 0 Å². The fourth-order valence-electron chi connectivity index (χ4n) is 2.26. The second-order valence-corrected chi connectivity index (χ2v) is 4.60. The van der Waals surface area contributed by atoms with Crippen LogP contribution < -0.4 is 15.4 Å². The topological polar surface area (TPSA) is 51.4 Å². The molecule has 7 heteroatoms. The highest BCUT2D eigenvalue weighted by Gasteiger charge is 2.41. The zero-order valence-corrected chi connectivity index (χ0v) is 10.6. The van der Waals surface area contributed by atoms with E-state index in [-0.39, 0.29) is 12.8 Å². The highest BCUT2D eigenvalue weighted by Crippen LogP contribution is 2.37. The van der Waals surface area contributed by atoms with Crippen molar-refractivity contribution in [1.29, 1.82) is 0 Å². The summed E-state index contributed by atoms with van der Waals surface area (Å²) < 4.78 is 42.9. The lowest BCUT2D eigenvalue weighted by atomic mass is 9.96. The molecule has 1 saturated heterocycles. The Bertz CT molecular complexity index is 442. The van der Waals surface area contributed by atoms with Gasteiger partial charge in [-0.3, -0.25) is 0 Å². The number of alkyl halides is 3. The van der Waals surface area contributed by atoms with E-state index in [0.29, 0.717) is 30.3 Å². The molecule has 0 aromatic carbocycles. The maximum atomic E-state index is 12.6. The first kappa shape index (κ1) is 13.8. The number of nitrogens with zero attached hydrogens (tertiary/aromatic N) is 2. The van der Waals surface area contributed by atoms with Crippen LogP contribution in [0.5, 0.6) is 5.75 Å². The van der Waals surface area contributed by atoms with Crippen LogP contribution in [-0.2, 0) is 0 Å². The van der Waals surface area contributed by atoms with Crippen molar-refractivity contribution in [2.75, 3.05) is 30.8 Å². The SMILES string of the molecule is COc1cc(N)cnc1N1CCC(C(F)(F)F)CC1. The van der Waals surface area contributed by atoms with Gasteiger partial charge >= 0.3 is 6.18 Å². The van der Waals surface area contributed by atoms with Gasteiger partial charge in [-0.2, -0.15) is 13.2 Å². The van der Waals surface area contributed by atoms with Crippen LogP contribution in [0.4, 0.5) is 24.7 Å². The summed E-state index contributed by atoms with van der Waals surface area (Å²) in [5, 5.41) is 0. The zero-order valence-electron chi connectivity index (χ0n) is 10.6. The summed E-state index contributed by atoms with van der Waals surface area (Å²) >= 11 is 0. The van der Waals surface area contributed by atoms with Gasteiger partial charge in [-0.15, -0.1) is 0 Å². The normalized spacial score (nSPS) is 17.6. The van der Waals surface area contributed by atoms with Gasteiger partial charge < -0.3 is 15.4 Å². The molecule has 2 heterocycles. The maximum Gasteiger partial charge on any atom is 0.391 e. The largest absolute Gasteiger partial charge is 0.493 e. The lowest BCUT2D eigenvalue weighted by Crippen LogP contribution is -2.39. The molecule has 19 heavy (non-hydrogen) atoms. The molecule has 2 N–H and O–H groups in total. The maximum absolute atomic E-state index is 12.6. The molecule has 0 amide bonds. The van der Waals surface area contributed by atoms with Crippen LogP contribution in [0, 0.1) is 5.92 Å². The first-order chi connectivity index (χ1) is 8.91. The van der Waals surface area contributed by atoms with E-state index in [1.54, 1.807) is 11.0 Å². The van der Waals surface area contributed by atoms with Crippen LogP contribution in [0.15, 0.2) is 12.3 Å². The standard InChI is InChI=1S/C12H16F3N3O/c1-19-10-6-9(16)7-17-11(10)18-4-2-8(3-5-18)12(13,14)15/h6-8H,2-5,16H2,1H3. The number of nitrogen functional groups attached to an aromatic ring is 1. The Morgan fingerprint density at radius 2 is 2.00 bits per heavy atom. The number of hydrogen-bond acceptors (Lipinski definition) is 4. The fourth-order valence-corrected chi connectivity index (χ4v) is 2.26. The molecule has 0 spiro atoms. The average molecular weight is 275 g/mol. The summed E-state index contributed by atoms with van der Waals surface area (Å²) in [6, 6.07) is 1.62. The second-order valence-electron chi connectivity index (χ2n) is 4.60. The van der Waals surface area contributed by atoms with E-state index in [1.165, 1.54) is 13.3 Å². The number of ether oxygens (including phenoxy) is 1. The van der Waals surface area contributed by atoms with E-state index in [4.69, 9.17) is 10.5 Å². The summed E-state index contributed by atoms with van der Waals surface area (Å²) in [5.74, 6) is -0.175. The molecule has 2 rings (SSSR count). The van der Waals surface area contributed by atoms with Gasteiger partial charge in [-0.25, -0.2) is 4.98 Å². The van der Waals surface area contributed by atoms with E-state index in [9.17, 15) is 13.2 Å². The molecule has 106 valence electrons. The Hall–Kier alpha value is -1.66. The number of methoxy groups -OCH3 is 1. The summed E-state index contributed by atoms with van der Waals surface area (Å²) in [4.78, 5) is 5.96. The molecular formula is C12H16F3N3O. The van der Waals surface area contributed by atoms with Crippen molar-refractivity contribution in [2.24, 2.45) is 5.92 Å². The van der Waals surface area contributed by atoms with Crippen molar-refractivity contribution < 1.29 is 17.9 Å². The molecule has 1 aromatic heterocycles. The molecule has 0 bridgehead atoms. The van der Waals surface area contributed by atoms with Gasteiger partial charge in [0.15, 0.2) is 11.6 Å². The third-order valence-corrected chi connectivity index (χ3v) is 3.33. The monoisotopic (exact) mass is 275 g/mol. The Kier molecular flexibility index (Phi) is 3.73. The minimum atomic E-state index is -4.11. The van der Waals surface area contributed by atoms with Gasteiger partial charge in [-0.05, 0) is 12.8 Å². The highest BCUT2D eigenvalue weighted by molar-refractivity contribution is 5.58. The van der Waals surface area contributed by atoms with Crippen molar-refractivity contribution >= 4 is 11.5 Å². The number of hydrogen-bond donors (Lipinski definition) is 1. The molecule has 0 aliphatic carbocycles. The molecule has 0 unspecified atom stereocenters. The minimum absolute atomic E-state index is 0.0821. The Morgan fingerprint density at radius 1 is 1.37 bits per heavy atom. The summed E-state index contributed by atoms with van der Waals surface area (Å²) in [5.41, 5.74) is 6.07. The van der Waals surface area contributed by atoms with Crippen LogP contribution in [0.25, 0.3) is 0 Å². The Labute approximate surface area is 109 Å². The first-order valence-corrected chi connectivity index (χ1v) is 6.03. The Balaban J connectivity index is 2.10. The third-order valence-electron chi connectivity index (χ3n) is 3.33. The van der Waals surface area contributed by atoms with E-state index in [0.717, 1.165) is 0 Å². The molecular weight excluding hydrogens is 259 g/mol. The van der Waals surface area contributed by atoms with Gasteiger partial charge in [-0.1, -0.05) is 0 Å². The van der Waals surface area contributed by atoms with E-state index < -0.39 is 12.1 Å². The second kappa shape index (κ2) is 5.14. The quantitative estimate of drug-likeness (QED) is 0.900. The number of nitrogens with two attached hydrogens (primary N) is 1. The smallest absolute Gasteiger partial charge is 0.391 e. The van der Waals surface area contributed by atoms with Gasteiger partial charge in [0.2, 0.25) is 0 Å². The summed E-state index contributed by atoms with van der Waals surface area (Å²) in [6.45, 7) is 0.634. The van der Waals surface area contributed by atoms with Crippen LogP contribution >= 0.6 is 0 Å². The van der Waals surface area contributed by atoms with Gasteiger partial charge in [0.1, 0.15) is 0 Å². The van der Waals surface area contributed by atoms with Crippen molar-refractivity contribution in [3.63, 3.8) is 0 Å². The zero-order chi connectivity index (χ0) is 14.0. The van der Waals surface area contributed by atoms with Crippen molar-refractivity contribution in [1.82, 2.24) is 4.98 Å². The van der Waals surface area contributed by atoms with Crippen molar-refractivity contribution in [3.8, 4) is 5.75 Å². The van der Waals surface area contributed by atoms with E-state index in [2.05, 4.69) is 4.98 Å². The number of halogens is 3. The van der Waals surface area contributed by atoms with Gasteiger partial charge in [0.05, 0.1) is 24.9 Å². The van der Waals surface area contributed by atoms with Crippen molar-refractivity contribution in [2.45, 2.75) is 19.0 Å². The number of pyridine rings is 1. The van der Waals surface area contributed by atoms with Crippen LogP contribution in [-0.4, -0.2) is 31.4 Å². The predicted molar refractivity (Wildman–Crippen MR) is 66.2 cm³/mol. The Morgan fingerprint density at radius 3 is 2.53 bits per heavy atom. The number of anilines is 2. The third kappa shape index (κ3) is 3.02. The van der Waals surface area contributed by atoms with Crippen molar-refractivity contribution in [3.05, 3.63) is 12.3 Å². The molecule has 0 saturated carbocycles. The van der Waals surface area contributed by atoms with E-state index >= 15 is 0 Å². The summed E-state index contributed by atoms with van der Waals surface area (Å²) in [7, 11) is 1.49. The molecule has 1 aromatic rings. The average Bonchev–Trinajstić information content (AvgIpc) is 2.37. The summed E-state index contributed by atoms with van der Waals surface area (Å²) in [6.07, 6.45) is -2.46. The molecule has 1 aliphatic rings. The van der Waals surface area contributed by atoms with Crippen LogP contribution in [0.2, 0.25) is 0 Å². The first-order valence-electron chi connectivity index (χ1n) is 6.03. The van der Waals surface area contributed by atoms with Crippen LogP contribution in [0.1, 0.15) is 12.8 Å². The van der Waals surface area contributed by atoms with Gasteiger partial charge in [0, 0.05) is 19.2 Å². The lowest BCUT2D eigenvalue weighted by molar-refractivity contribution is -0.179.